The molecule has 7 heteroatoms. The smallest absolute Gasteiger partial charge is 0.300 e. The van der Waals surface area contributed by atoms with Crippen molar-refractivity contribution in [3.63, 3.8) is 0 Å². The van der Waals surface area contributed by atoms with E-state index in [2.05, 4.69) is 10.3 Å². The van der Waals surface area contributed by atoms with Gasteiger partial charge < -0.3 is 5.32 Å². The van der Waals surface area contributed by atoms with Gasteiger partial charge in [0.25, 0.3) is 0 Å². The molecule has 2 aromatic heterocycles. The van der Waals surface area contributed by atoms with E-state index in [1.165, 1.54) is 35.1 Å². The van der Waals surface area contributed by atoms with E-state index >= 15 is 0 Å². The van der Waals surface area contributed by atoms with Crippen LogP contribution in [0.15, 0.2) is 10.2 Å². The summed E-state index contributed by atoms with van der Waals surface area (Å²) in [6.45, 7) is 1.89. The molecular weight excluding hydrogens is 318 g/mol. The van der Waals surface area contributed by atoms with Crippen molar-refractivity contribution in [3.8, 4) is 0 Å². The first-order chi connectivity index (χ1) is 10.6. The molecule has 0 atom stereocenters. The van der Waals surface area contributed by atoms with Gasteiger partial charge in [-0.25, -0.2) is 4.98 Å². The Morgan fingerprint density at radius 2 is 2.09 bits per heavy atom. The number of anilines is 1. The zero-order valence-corrected chi connectivity index (χ0v) is 14.2. The quantitative estimate of drug-likeness (QED) is 0.936. The molecular formula is C15H19N3O2S2. The molecule has 0 bridgehead atoms. The van der Waals surface area contributed by atoms with Crippen LogP contribution in [0.2, 0.25) is 0 Å². The standard InChI is InChI=1S/C15H19N3O2S2/c1-10-9-21-15(20)18(10)8-13(19)17-14-16-11-6-4-2-3-5-7-12(11)22-14/h9H,2-8H2,1H3,(H,16,17,19). The molecule has 0 aromatic carbocycles. The Hall–Kier alpha value is -1.47. The van der Waals surface area contributed by atoms with Gasteiger partial charge in [0, 0.05) is 16.0 Å². The number of hydrogen-bond donors (Lipinski definition) is 1. The summed E-state index contributed by atoms with van der Waals surface area (Å²) in [5.41, 5.74) is 1.96. The fourth-order valence-electron chi connectivity index (χ4n) is 2.66. The number of amides is 1. The molecule has 0 saturated heterocycles. The summed E-state index contributed by atoms with van der Waals surface area (Å²) >= 11 is 2.70. The van der Waals surface area contributed by atoms with E-state index in [-0.39, 0.29) is 17.3 Å². The number of aromatic nitrogens is 2. The fourth-order valence-corrected chi connectivity index (χ4v) is 4.46. The van der Waals surface area contributed by atoms with E-state index in [4.69, 9.17) is 0 Å². The molecule has 3 rings (SSSR count). The topological polar surface area (TPSA) is 64.0 Å². The maximum absolute atomic E-state index is 12.1. The van der Waals surface area contributed by atoms with Crippen LogP contribution in [0.5, 0.6) is 0 Å². The van der Waals surface area contributed by atoms with E-state index in [0.717, 1.165) is 35.6 Å². The average Bonchev–Trinajstić information content (AvgIpc) is 2.96. The number of rotatable bonds is 3. The van der Waals surface area contributed by atoms with Crippen molar-refractivity contribution in [3.05, 3.63) is 31.3 Å². The fraction of sp³-hybridized carbons (Fsp3) is 0.533. The molecule has 2 heterocycles. The lowest BCUT2D eigenvalue weighted by Crippen LogP contribution is -2.25. The Labute approximate surface area is 137 Å². The number of nitrogens with one attached hydrogen (secondary N) is 1. The lowest BCUT2D eigenvalue weighted by molar-refractivity contribution is -0.116. The number of nitrogens with zero attached hydrogens (tertiary/aromatic N) is 2. The molecule has 0 spiro atoms. The van der Waals surface area contributed by atoms with Crippen LogP contribution in [0.4, 0.5) is 5.13 Å². The van der Waals surface area contributed by atoms with Crippen LogP contribution in [-0.4, -0.2) is 15.5 Å². The molecule has 1 N–H and O–H groups in total. The first kappa shape index (κ1) is 15.4. The second kappa shape index (κ2) is 6.75. The Kier molecular flexibility index (Phi) is 4.73. The molecule has 0 fully saturated rings. The molecule has 0 saturated carbocycles. The largest absolute Gasteiger partial charge is 0.307 e. The summed E-state index contributed by atoms with van der Waals surface area (Å²) in [4.78, 5) is 29.6. The Morgan fingerprint density at radius 1 is 1.32 bits per heavy atom. The SMILES string of the molecule is Cc1csc(=O)n1CC(=O)Nc1nc2c(s1)CCCCCC2. The number of thiazole rings is 2. The number of carbonyl (C=O) groups is 1. The third-order valence-corrected chi connectivity index (χ3v) is 5.82. The zero-order valence-electron chi connectivity index (χ0n) is 12.6. The van der Waals surface area contributed by atoms with Crippen LogP contribution in [0.25, 0.3) is 0 Å². The molecule has 0 radical (unpaired) electrons. The third kappa shape index (κ3) is 3.47. The molecule has 1 aliphatic carbocycles. The summed E-state index contributed by atoms with van der Waals surface area (Å²) < 4.78 is 1.49. The summed E-state index contributed by atoms with van der Waals surface area (Å²) in [5, 5.41) is 5.28. The molecule has 118 valence electrons. The maximum Gasteiger partial charge on any atom is 0.307 e. The van der Waals surface area contributed by atoms with Crippen LogP contribution >= 0.6 is 22.7 Å². The van der Waals surface area contributed by atoms with E-state index < -0.39 is 0 Å². The second-order valence-electron chi connectivity index (χ2n) is 5.58. The van der Waals surface area contributed by atoms with Crippen molar-refractivity contribution in [2.45, 2.75) is 52.0 Å². The Balaban J connectivity index is 1.69. The molecule has 22 heavy (non-hydrogen) atoms. The second-order valence-corrected chi connectivity index (χ2v) is 7.48. The third-order valence-electron chi connectivity index (χ3n) is 3.87. The number of carbonyl (C=O) groups excluding carboxylic acids is 1. The van der Waals surface area contributed by atoms with Gasteiger partial charge in [-0.2, -0.15) is 0 Å². The summed E-state index contributed by atoms with van der Waals surface area (Å²) in [6.07, 6.45) is 6.98. The highest BCUT2D eigenvalue weighted by Crippen LogP contribution is 2.28. The van der Waals surface area contributed by atoms with E-state index in [1.54, 1.807) is 16.7 Å². The lowest BCUT2D eigenvalue weighted by Gasteiger charge is -2.06. The van der Waals surface area contributed by atoms with Gasteiger partial charge >= 0.3 is 4.87 Å². The minimum Gasteiger partial charge on any atom is -0.300 e. The van der Waals surface area contributed by atoms with Crippen molar-refractivity contribution < 1.29 is 4.79 Å². The number of fused-ring (bicyclic) bond motifs is 1. The van der Waals surface area contributed by atoms with Crippen LogP contribution in [0, 0.1) is 6.92 Å². The molecule has 2 aromatic rings. The van der Waals surface area contributed by atoms with Crippen LogP contribution in [0.1, 0.15) is 41.9 Å². The molecule has 0 aliphatic heterocycles. The first-order valence-corrected chi connectivity index (χ1v) is 9.26. The predicted molar refractivity (Wildman–Crippen MR) is 89.9 cm³/mol. The molecule has 1 amide bonds. The Bertz CT molecular complexity index is 704. The molecule has 5 nitrogen and oxygen atoms in total. The van der Waals surface area contributed by atoms with Gasteiger partial charge in [0.2, 0.25) is 5.91 Å². The predicted octanol–water partition coefficient (Wildman–Crippen LogP) is 2.97. The lowest BCUT2D eigenvalue weighted by atomic mass is 10.0. The molecule has 1 aliphatic rings. The van der Waals surface area contributed by atoms with Crippen molar-refractivity contribution >= 4 is 33.7 Å². The van der Waals surface area contributed by atoms with E-state index in [9.17, 15) is 9.59 Å². The van der Waals surface area contributed by atoms with Gasteiger partial charge in [0.05, 0.1) is 5.69 Å². The maximum atomic E-state index is 12.1. The van der Waals surface area contributed by atoms with Crippen molar-refractivity contribution in [1.82, 2.24) is 9.55 Å². The van der Waals surface area contributed by atoms with Crippen LogP contribution in [-0.2, 0) is 24.2 Å². The minimum atomic E-state index is -0.190. The van der Waals surface area contributed by atoms with Crippen LogP contribution < -0.4 is 10.2 Å². The van der Waals surface area contributed by atoms with Crippen molar-refractivity contribution in [2.24, 2.45) is 0 Å². The minimum absolute atomic E-state index is 0.0540. The van der Waals surface area contributed by atoms with Crippen molar-refractivity contribution in [2.75, 3.05) is 5.32 Å². The zero-order chi connectivity index (χ0) is 15.5. The summed E-state index contributed by atoms with van der Waals surface area (Å²) in [7, 11) is 0. The van der Waals surface area contributed by atoms with Gasteiger partial charge in [-0.3, -0.25) is 14.2 Å². The van der Waals surface area contributed by atoms with E-state index in [1.807, 2.05) is 6.92 Å². The molecule has 0 unspecified atom stereocenters. The average molecular weight is 337 g/mol. The van der Waals surface area contributed by atoms with Crippen LogP contribution in [0.3, 0.4) is 0 Å². The van der Waals surface area contributed by atoms with Gasteiger partial charge in [-0.15, -0.1) is 11.3 Å². The normalized spacial score (nSPS) is 15.0. The number of aryl methyl sites for hydroxylation is 3. The van der Waals surface area contributed by atoms with Gasteiger partial charge in [0.1, 0.15) is 6.54 Å². The number of hydrogen-bond acceptors (Lipinski definition) is 5. The highest BCUT2D eigenvalue weighted by atomic mass is 32.1. The Morgan fingerprint density at radius 3 is 2.82 bits per heavy atom. The first-order valence-electron chi connectivity index (χ1n) is 7.57. The van der Waals surface area contributed by atoms with Gasteiger partial charge in [-0.05, 0) is 32.6 Å². The summed E-state index contributed by atoms with van der Waals surface area (Å²) in [6, 6.07) is 0. The summed E-state index contributed by atoms with van der Waals surface area (Å²) in [5.74, 6) is -0.190. The van der Waals surface area contributed by atoms with Crippen molar-refractivity contribution in [1.29, 1.82) is 0 Å². The highest BCUT2D eigenvalue weighted by molar-refractivity contribution is 7.15. The van der Waals surface area contributed by atoms with Gasteiger partial charge in [-0.1, -0.05) is 24.2 Å². The monoisotopic (exact) mass is 337 g/mol. The van der Waals surface area contributed by atoms with E-state index in [0.29, 0.717) is 5.13 Å². The highest BCUT2D eigenvalue weighted by Gasteiger charge is 2.15. The van der Waals surface area contributed by atoms with Gasteiger partial charge in [0.15, 0.2) is 5.13 Å².